The zero-order chi connectivity index (χ0) is 16.3. The molecule has 1 aliphatic heterocycles. The van der Waals surface area contributed by atoms with E-state index in [4.69, 9.17) is 0 Å². The van der Waals surface area contributed by atoms with Gasteiger partial charge in [-0.2, -0.15) is 0 Å². The van der Waals surface area contributed by atoms with E-state index in [0.29, 0.717) is 17.9 Å². The largest absolute Gasteiger partial charge is 0.349 e. The molecular formula is C19H21BrN4. The topological polar surface area (TPSA) is 36.9 Å². The quantitative estimate of drug-likeness (QED) is 0.729. The number of aromatic nitrogens is 3. The number of likely N-dealkylation sites (N-methyl/N-ethyl adjacent to an activating group) is 1. The van der Waals surface area contributed by atoms with E-state index >= 15 is 0 Å². The molecule has 2 aliphatic rings. The molecular weight excluding hydrogens is 364 g/mol. The van der Waals surface area contributed by atoms with E-state index in [2.05, 4.69) is 66.8 Å². The number of H-pyrrole nitrogens is 1. The fraction of sp³-hybridized carbons (Fsp3) is 0.421. The smallest absolute Gasteiger partial charge is 0.0946 e. The minimum absolute atomic E-state index is 0.606. The summed E-state index contributed by atoms with van der Waals surface area (Å²) in [6.07, 6.45) is 8.29. The van der Waals surface area contributed by atoms with Crippen LogP contribution >= 0.6 is 15.9 Å². The predicted octanol–water partition coefficient (Wildman–Crippen LogP) is 3.79. The van der Waals surface area contributed by atoms with Crippen LogP contribution in [0.25, 0.3) is 10.9 Å². The molecule has 24 heavy (non-hydrogen) atoms. The average Bonchev–Trinajstić information content (AvgIpc) is 3.18. The number of fused-ring (bicyclic) bond motifs is 2. The number of benzene rings is 1. The highest BCUT2D eigenvalue weighted by atomic mass is 79.9. The van der Waals surface area contributed by atoms with Crippen molar-refractivity contribution < 1.29 is 0 Å². The highest BCUT2D eigenvalue weighted by Gasteiger charge is 2.40. The Morgan fingerprint density at radius 2 is 2.29 bits per heavy atom. The van der Waals surface area contributed by atoms with Crippen LogP contribution in [0, 0.1) is 5.92 Å². The molecule has 2 aromatic heterocycles. The molecule has 124 valence electrons. The number of halogens is 1. The molecule has 1 aromatic carbocycles. The van der Waals surface area contributed by atoms with Crippen molar-refractivity contribution in [2.75, 3.05) is 13.6 Å². The summed E-state index contributed by atoms with van der Waals surface area (Å²) < 4.78 is 3.39. The lowest BCUT2D eigenvalue weighted by atomic mass is 9.72. The summed E-state index contributed by atoms with van der Waals surface area (Å²) in [5.74, 6) is 1.29. The number of rotatable bonds is 2. The second-order valence-corrected chi connectivity index (χ2v) is 8.16. The zero-order valence-electron chi connectivity index (χ0n) is 13.7. The minimum atomic E-state index is 0.606. The van der Waals surface area contributed by atoms with Gasteiger partial charge >= 0.3 is 0 Å². The van der Waals surface area contributed by atoms with Gasteiger partial charge in [0.25, 0.3) is 0 Å². The van der Waals surface area contributed by atoms with E-state index in [1.54, 1.807) is 0 Å². The standard InChI is InChI=1S/C19H21BrN4/c1-23-9-12(10-24-6-5-21-11-24)7-14-13-3-2-4-16-18(13)15(8-17(14)23)19(20)22-16/h2-6,11-12,14,17,22H,7-10H2,1H3/t12-,14-,17-/m1/s1. The fourth-order valence-electron chi connectivity index (χ4n) is 4.92. The Hall–Kier alpha value is -1.59. The number of hydrogen-bond acceptors (Lipinski definition) is 2. The number of hydrogen-bond donors (Lipinski definition) is 1. The second kappa shape index (κ2) is 5.46. The summed E-state index contributed by atoms with van der Waals surface area (Å²) in [4.78, 5) is 10.3. The summed E-state index contributed by atoms with van der Waals surface area (Å²) in [7, 11) is 2.30. The van der Waals surface area contributed by atoms with Crippen molar-refractivity contribution in [1.82, 2.24) is 19.4 Å². The molecule has 0 spiro atoms. The summed E-state index contributed by atoms with van der Waals surface area (Å²) in [5.41, 5.74) is 4.26. The Morgan fingerprint density at radius 3 is 3.12 bits per heavy atom. The first-order valence-electron chi connectivity index (χ1n) is 8.65. The molecule has 5 heteroatoms. The Balaban J connectivity index is 1.54. The van der Waals surface area contributed by atoms with Crippen molar-refractivity contribution >= 4 is 26.8 Å². The van der Waals surface area contributed by atoms with Crippen LogP contribution in [0.3, 0.4) is 0 Å². The highest BCUT2D eigenvalue weighted by molar-refractivity contribution is 9.10. The maximum absolute atomic E-state index is 4.19. The first-order chi connectivity index (χ1) is 11.7. The van der Waals surface area contributed by atoms with Crippen LogP contribution in [0.1, 0.15) is 23.5 Å². The lowest BCUT2D eigenvalue weighted by Gasteiger charge is -2.45. The number of nitrogens with zero attached hydrogens (tertiary/aromatic N) is 3. The first kappa shape index (κ1) is 14.7. The van der Waals surface area contributed by atoms with Gasteiger partial charge in [0.15, 0.2) is 0 Å². The number of nitrogens with one attached hydrogen (secondary N) is 1. The van der Waals surface area contributed by atoms with Crippen molar-refractivity contribution in [1.29, 1.82) is 0 Å². The van der Waals surface area contributed by atoms with Gasteiger partial charge in [-0.15, -0.1) is 0 Å². The predicted molar refractivity (Wildman–Crippen MR) is 99.2 cm³/mol. The molecule has 0 radical (unpaired) electrons. The van der Waals surface area contributed by atoms with Crippen molar-refractivity contribution in [3.63, 3.8) is 0 Å². The van der Waals surface area contributed by atoms with Crippen LogP contribution in [0.15, 0.2) is 41.5 Å². The Morgan fingerprint density at radius 1 is 1.38 bits per heavy atom. The Kier molecular flexibility index (Phi) is 3.35. The summed E-state index contributed by atoms with van der Waals surface area (Å²) in [6, 6.07) is 7.35. The maximum Gasteiger partial charge on any atom is 0.0946 e. The number of imidazole rings is 1. The van der Waals surface area contributed by atoms with E-state index in [0.717, 1.165) is 24.1 Å². The van der Waals surface area contributed by atoms with Gasteiger partial charge in [0.1, 0.15) is 0 Å². The molecule has 5 rings (SSSR count). The lowest BCUT2D eigenvalue weighted by Crippen LogP contribution is -2.48. The van der Waals surface area contributed by atoms with Gasteiger partial charge in [0, 0.05) is 48.3 Å². The van der Waals surface area contributed by atoms with Gasteiger partial charge in [0.05, 0.1) is 10.9 Å². The normalized spacial score (nSPS) is 26.7. The van der Waals surface area contributed by atoms with Gasteiger partial charge in [-0.3, -0.25) is 0 Å². The van der Waals surface area contributed by atoms with Crippen molar-refractivity contribution in [3.8, 4) is 0 Å². The van der Waals surface area contributed by atoms with Crippen molar-refractivity contribution in [2.24, 2.45) is 5.92 Å². The summed E-state index contributed by atoms with van der Waals surface area (Å²) in [6.45, 7) is 2.22. The average molecular weight is 385 g/mol. The molecule has 0 amide bonds. The highest BCUT2D eigenvalue weighted by Crippen LogP contribution is 2.46. The molecule has 1 aliphatic carbocycles. The van der Waals surface area contributed by atoms with Crippen LogP contribution in [-0.4, -0.2) is 39.1 Å². The van der Waals surface area contributed by atoms with Crippen LogP contribution in [0.5, 0.6) is 0 Å². The molecule has 1 saturated heterocycles. The Labute approximate surface area is 150 Å². The molecule has 3 aromatic rings. The lowest BCUT2D eigenvalue weighted by molar-refractivity contribution is 0.103. The van der Waals surface area contributed by atoms with Crippen LogP contribution in [0.4, 0.5) is 0 Å². The minimum Gasteiger partial charge on any atom is -0.349 e. The molecule has 1 N–H and O–H groups in total. The van der Waals surface area contributed by atoms with Gasteiger partial charge in [-0.05, 0) is 58.9 Å². The monoisotopic (exact) mass is 384 g/mol. The molecule has 3 heterocycles. The van der Waals surface area contributed by atoms with E-state index < -0.39 is 0 Å². The van der Waals surface area contributed by atoms with Crippen molar-refractivity contribution in [3.05, 3.63) is 52.7 Å². The molecule has 0 saturated carbocycles. The van der Waals surface area contributed by atoms with Gasteiger partial charge in [0.2, 0.25) is 0 Å². The van der Waals surface area contributed by atoms with Gasteiger partial charge < -0.3 is 14.5 Å². The first-order valence-corrected chi connectivity index (χ1v) is 9.45. The second-order valence-electron chi connectivity index (χ2n) is 7.37. The maximum atomic E-state index is 4.19. The number of piperidine rings is 1. The third-order valence-corrected chi connectivity index (χ3v) is 6.59. The van der Waals surface area contributed by atoms with Crippen molar-refractivity contribution in [2.45, 2.75) is 31.3 Å². The van der Waals surface area contributed by atoms with E-state index in [1.807, 2.05) is 12.5 Å². The SMILES string of the molecule is CN1C[C@H](Cn2ccnc2)C[C@@H]2c3cccc4[nH]c(Br)c(c34)C[C@H]21. The molecule has 3 atom stereocenters. The number of likely N-dealkylation sites (tertiary alicyclic amines) is 1. The Bertz CT molecular complexity index is 882. The third kappa shape index (κ3) is 2.18. The zero-order valence-corrected chi connectivity index (χ0v) is 15.3. The summed E-state index contributed by atoms with van der Waals surface area (Å²) >= 11 is 3.74. The van der Waals surface area contributed by atoms with E-state index in [9.17, 15) is 0 Å². The summed E-state index contributed by atoms with van der Waals surface area (Å²) in [5, 5.41) is 1.46. The van der Waals surface area contributed by atoms with Crippen LogP contribution in [0.2, 0.25) is 0 Å². The molecule has 1 fully saturated rings. The van der Waals surface area contributed by atoms with Crippen LogP contribution in [-0.2, 0) is 13.0 Å². The molecule has 0 bridgehead atoms. The van der Waals surface area contributed by atoms with E-state index in [-0.39, 0.29) is 0 Å². The molecule has 0 unspecified atom stereocenters. The van der Waals surface area contributed by atoms with Gasteiger partial charge in [-0.25, -0.2) is 4.98 Å². The van der Waals surface area contributed by atoms with Crippen LogP contribution < -0.4 is 0 Å². The van der Waals surface area contributed by atoms with E-state index in [1.165, 1.54) is 28.5 Å². The number of aromatic amines is 1. The van der Waals surface area contributed by atoms with Gasteiger partial charge in [-0.1, -0.05) is 12.1 Å². The fourth-order valence-corrected chi connectivity index (χ4v) is 5.50. The molecule has 4 nitrogen and oxygen atoms in total. The third-order valence-electron chi connectivity index (χ3n) is 5.91.